The van der Waals surface area contributed by atoms with E-state index in [1.54, 1.807) is 4.90 Å². The largest absolute Gasteiger partial charge is 0.478 e. The van der Waals surface area contributed by atoms with Crippen LogP contribution in [0.25, 0.3) is 11.7 Å². The number of rotatable bonds is 10. The minimum absolute atomic E-state index is 0.0181. The van der Waals surface area contributed by atoms with Gasteiger partial charge in [-0.1, -0.05) is 20.8 Å². The molecule has 0 aromatic carbocycles. The second-order valence-electron chi connectivity index (χ2n) is 11.6. The van der Waals surface area contributed by atoms with Gasteiger partial charge in [0.25, 0.3) is 11.5 Å². The predicted molar refractivity (Wildman–Crippen MR) is 174 cm³/mol. The molecule has 0 bridgehead atoms. The molecule has 1 fully saturated rings. The van der Waals surface area contributed by atoms with E-state index in [1.165, 1.54) is 40.1 Å². The van der Waals surface area contributed by atoms with Gasteiger partial charge >= 0.3 is 5.97 Å². The molecule has 0 radical (unpaired) electrons. The number of aliphatic imine (C=N–C) groups is 1. The summed E-state index contributed by atoms with van der Waals surface area (Å²) in [6.07, 6.45) is 4.47. The third-order valence-electron chi connectivity index (χ3n) is 7.17. The SMILES string of the molecule is CC(C)(C)c1csc(NC(=O)c2ccn3c(=O)c(C=CC(=O)O)c(N4CCN(C(=O)C(N)CCCN=C(N)N)CC4)nc3c2)n1. The molecular formula is C29H38N10O5S. The first-order valence-corrected chi connectivity index (χ1v) is 15.2. The topological polar surface area (TPSA) is 228 Å². The predicted octanol–water partition coefficient (Wildman–Crippen LogP) is 0.828. The van der Waals surface area contributed by atoms with Crippen LogP contribution in [0.5, 0.6) is 0 Å². The van der Waals surface area contributed by atoms with Crippen LogP contribution in [0.3, 0.4) is 0 Å². The Bertz CT molecular complexity index is 1700. The molecule has 0 spiro atoms. The number of aliphatic carboxylic acids is 1. The first-order chi connectivity index (χ1) is 21.2. The summed E-state index contributed by atoms with van der Waals surface area (Å²) in [5, 5.41) is 14.4. The highest BCUT2D eigenvalue weighted by atomic mass is 32.1. The number of anilines is 2. The second kappa shape index (κ2) is 13.9. The van der Waals surface area contributed by atoms with Crippen molar-refractivity contribution in [1.82, 2.24) is 19.3 Å². The van der Waals surface area contributed by atoms with E-state index in [0.717, 1.165) is 11.8 Å². The van der Waals surface area contributed by atoms with Crippen LogP contribution >= 0.6 is 11.3 Å². The maximum atomic E-state index is 13.5. The van der Waals surface area contributed by atoms with Crippen LogP contribution in [0.4, 0.5) is 10.9 Å². The molecule has 0 aliphatic carbocycles. The molecule has 8 N–H and O–H groups in total. The number of amides is 2. The normalized spacial score (nSPS) is 14.5. The molecule has 16 heteroatoms. The van der Waals surface area contributed by atoms with Gasteiger partial charge in [-0.25, -0.2) is 14.8 Å². The van der Waals surface area contributed by atoms with Crippen LogP contribution in [0, 0.1) is 0 Å². The number of nitrogens with zero attached hydrogens (tertiary/aromatic N) is 6. The number of nitrogens with two attached hydrogens (primary N) is 3. The Morgan fingerprint density at radius 1 is 1.18 bits per heavy atom. The number of aromatic nitrogens is 3. The van der Waals surface area contributed by atoms with Crippen molar-refractivity contribution in [2.45, 2.75) is 45.1 Å². The second-order valence-corrected chi connectivity index (χ2v) is 12.4. The van der Waals surface area contributed by atoms with E-state index in [0.29, 0.717) is 50.7 Å². The fourth-order valence-electron chi connectivity index (χ4n) is 4.68. The third kappa shape index (κ3) is 8.21. The van der Waals surface area contributed by atoms with Gasteiger partial charge in [0.15, 0.2) is 11.1 Å². The number of nitrogens with one attached hydrogen (secondary N) is 1. The molecule has 1 atom stereocenters. The molecule has 1 aliphatic rings. The zero-order valence-electron chi connectivity index (χ0n) is 25.4. The van der Waals surface area contributed by atoms with Crippen molar-refractivity contribution in [3.05, 3.63) is 57.0 Å². The highest BCUT2D eigenvalue weighted by Gasteiger charge is 2.28. The highest BCUT2D eigenvalue weighted by molar-refractivity contribution is 7.14. The molecule has 3 aromatic heterocycles. The molecule has 1 aliphatic heterocycles. The average molecular weight is 639 g/mol. The lowest BCUT2D eigenvalue weighted by molar-refractivity contribution is -0.133. The lowest BCUT2D eigenvalue weighted by Gasteiger charge is -2.37. The Kier molecular flexibility index (Phi) is 10.2. The summed E-state index contributed by atoms with van der Waals surface area (Å²) >= 11 is 1.32. The minimum Gasteiger partial charge on any atom is -0.478 e. The number of guanidine groups is 1. The zero-order valence-corrected chi connectivity index (χ0v) is 26.2. The summed E-state index contributed by atoms with van der Waals surface area (Å²) < 4.78 is 1.25. The summed E-state index contributed by atoms with van der Waals surface area (Å²) in [5.41, 5.74) is 17.5. The average Bonchev–Trinajstić information content (AvgIpc) is 3.47. The van der Waals surface area contributed by atoms with E-state index in [4.69, 9.17) is 17.2 Å². The number of fused-ring (bicyclic) bond motifs is 1. The molecule has 0 saturated carbocycles. The summed E-state index contributed by atoms with van der Waals surface area (Å²) in [6.45, 7) is 7.75. The fourth-order valence-corrected chi connectivity index (χ4v) is 5.62. The van der Waals surface area contributed by atoms with Crippen molar-refractivity contribution >= 4 is 57.8 Å². The number of hydrogen-bond donors (Lipinski definition) is 5. The summed E-state index contributed by atoms with van der Waals surface area (Å²) in [5.74, 6) is -1.62. The molecule has 1 unspecified atom stereocenters. The van der Waals surface area contributed by atoms with Crippen molar-refractivity contribution in [1.29, 1.82) is 0 Å². The minimum atomic E-state index is -1.22. The molecule has 3 aromatic rings. The Balaban J connectivity index is 1.56. The van der Waals surface area contributed by atoms with Gasteiger partial charge in [-0.3, -0.25) is 29.1 Å². The summed E-state index contributed by atoms with van der Waals surface area (Å²) in [6, 6.07) is 2.26. The van der Waals surface area contributed by atoms with Crippen LogP contribution in [0.1, 0.15) is 55.2 Å². The summed E-state index contributed by atoms with van der Waals surface area (Å²) in [7, 11) is 0. The number of thiazole rings is 1. The van der Waals surface area contributed by atoms with Gasteiger partial charge < -0.3 is 32.1 Å². The lowest BCUT2D eigenvalue weighted by Crippen LogP contribution is -2.53. The maximum Gasteiger partial charge on any atom is 0.328 e. The maximum absolute atomic E-state index is 13.5. The van der Waals surface area contributed by atoms with Crippen LogP contribution in [-0.4, -0.2) is 86.9 Å². The fraction of sp³-hybridized carbons (Fsp3) is 0.414. The molecule has 4 heterocycles. The van der Waals surface area contributed by atoms with Gasteiger partial charge in [-0.05, 0) is 31.1 Å². The Hall–Kier alpha value is -4.83. The number of carbonyl (C=O) groups excluding carboxylic acids is 2. The Morgan fingerprint density at radius 2 is 1.89 bits per heavy atom. The molecule has 1 saturated heterocycles. The van der Waals surface area contributed by atoms with E-state index in [2.05, 4.69) is 20.3 Å². The molecular weight excluding hydrogens is 600 g/mol. The molecule has 15 nitrogen and oxygen atoms in total. The van der Waals surface area contributed by atoms with E-state index < -0.39 is 23.5 Å². The Labute approximate surface area is 263 Å². The molecule has 240 valence electrons. The van der Waals surface area contributed by atoms with E-state index in [1.807, 2.05) is 31.1 Å². The number of piperazine rings is 1. The zero-order chi connectivity index (χ0) is 32.9. The number of pyridine rings is 1. The first-order valence-electron chi connectivity index (χ1n) is 14.3. The van der Waals surface area contributed by atoms with Crippen LogP contribution in [-0.2, 0) is 15.0 Å². The first kappa shape index (κ1) is 33.1. The quantitative estimate of drug-likeness (QED) is 0.0904. The lowest BCUT2D eigenvalue weighted by atomic mass is 9.93. The van der Waals surface area contributed by atoms with Crippen molar-refractivity contribution in [3.8, 4) is 0 Å². The van der Waals surface area contributed by atoms with E-state index in [-0.39, 0.29) is 39.9 Å². The van der Waals surface area contributed by atoms with Gasteiger partial charge in [0, 0.05) is 61.4 Å². The van der Waals surface area contributed by atoms with Gasteiger partial charge in [0.1, 0.15) is 11.5 Å². The van der Waals surface area contributed by atoms with Crippen LogP contribution in [0.2, 0.25) is 0 Å². The molecule has 2 amide bonds. The highest BCUT2D eigenvalue weighted by Crippen LogP contribution is 2.27. The number of carboxylic acids is 1. The number of carboxylic acid groups (broad SMARTS) is 1. The standard InChI is InChI=1S/C29H38N10O5S/c1-29(2,3)20-16-45-28(34-20)36-24(42)17-8-10-39-21(15-17)35-23(18(25(39)43)6-7-22(40)41)37-11-13-38(14-12-37)26(44)19(30)5-4-9-33-27(31)32/h6-8,10,15-16,19H,4-5,9,11-14,30H2,1-3H3,(H,40,41)(H4,31,32,33)(H,34,36,42). The monoisotopic (exact) mass is 638 g/mol. The van der Waals surface area contributed by atoms with Crippen molar-refractivity contribution in [2.24, 2.45) is 22.2 Å². The summed E-state index contributed by atoms with van der Waals surface area (Å²) in [4.78, 5) is 67.4. The molecule has 45 heavy (non-hydrogen) atoms. The van der Waals surface area contributed by atoms with Gasteiger partial charge in [0.2, 0.25) is 5.91 Å². The molecule has 4 rings (SSSR count). The van der Waals surface area contributed by atoms with Gasteiger partial charge in [0.05, 0.1) is 17.3 Å². The van der Waals surface area contributed by atoms with E-state index in [9.17, 15) is 24.3 Å². The van der Waals surface area contributed by atoms with Gasteiger partial charge in [-0.2, -0.15) is 0 Å². The van der Waals surface area contributed by atoms with Crippen molar-refractivity contribution in [3.63, 3.8) is 0 Å². The Morgan fingerprint density at radius 3 is 2.51 bits per heavy atom. The van der Waals surface area contributed by atoms with Crippen LogP contribution in [0.15, 0.2) is 39.6 Å². The smallest absolute Gasteiger partial charge is 0.328 e. The third-order valence-corrected chi connectivity index (χ3v) is 7.93. The van der Waals surface area contributed by atoms with Crippen molar-refractivity contribution < 1.29 is 19.5 Å². The van der Waals surface area contributed by atoms with Crippen molar-refractivity contribution in [2.75, 3.05) is 42.9 Å². The van der Waals surface area contributed by atoms with Crippen LogP contribution < -0.4 is 33.0 Å². The van der Waals surface area contributed by atoms with E-state index >= 15 is 0 Å². The van der Waals surface area contributed by atoms with Gasteiger partial charge in [-0.15, -0.1) is 11.3 Å². The number of hydrogen-bond acceptors (Lipinski definition) is 10. The number of carbonyl (C=O) groups is 3.